The molecule has 8 nitrogen and oxygen atoms in total. The van der Waals surface area contributed by atoms with Gasteiger partial charge in [-0.3, -0.25) is 19.7 Å². The van der Waals surface area contributed by atoms with E-state index in [-0.39, 0.29) is 40.6 Å². The van der Waals surface area contributed by atoms with E-state index in [9.17, 15) is 24.1 Å². The summed E-state index contributed by atoms with van der Waals surface area (Å²) in [6.07, 6.45) is 1.48. The monoisotopic (exact) mass is 424 g/mol. The van der Waals surface area contributed by atoms with E-state index in [2.05, 4.69) is 0 Å². The van der Waals surface area contributed by atoms with E-state index >= 15 is 0 Å². The van der Waals surface area contributed by atoms with Crippen LogP contribution in [-0.4, -0.2) is 35.0 Å². The van der Waals surface area contributed by atoms with Gasteiger partial charge in [0.15, 0.2) is 5.43 Å². The smallest absolute Gasteiger partial charge is 0.291 e. The van der Waals surface area contributed by atoms with E-state index in [4.69, 9.17) is 9.15 Å². The zero-order valence-corrected chi connectivity index (χ0v) is 16.2. The van der Waals surface area contributed by atoms with E-state index in [0.29, 0.717) is 12.2 Å². The van der Waals surface area contributed by atoms with Crippen LogP contribution in [0.3, 0.4) is 0 Å². The summed E-state index contributed by atoms with van der Waals surface area (Å²) < 4.78 is 25.2. The first-order valence-corrected chi connectivity index (χ1v) is 9.87. The van der Waals surface area contributed by atoms with Gasteiger partial charge in [-0.1, -0.05) is 0 Å². The Hall–Kier alpha value is -3.59. The van der Waals surface area contributed by atoms with Crippen molar-refractivity contribution in [3.63, 3.8) is 0 Å². The number of halogens is 1. The first-order chi connectivity index (χ1) is 14.9. The molecule has 2 aliphatic heterocycles. The Balaban J connectivity index is 1.69. The Morgan fingerprint density at radius 3 is 2.61 bits per heavy atom. The van der Waals surface area contributed by atoms with E-state index in [0.717, 1.165) is 25.0 Å². The predicted octanol–water partition coefficient (Wildman–Crippen LogP) is 3.56. The quantitative estimate of drug-likeness (QED) is 0.469. The van der Waals surface area contributed by atoms with E-state index in [1.54, 1.807) is 0 Å². The van der Waals surface area contributed by atoms with Crippen LogP contribution in [0.5, 0.6) is 0 Å². The third kappa shape index (κ3) is 3.17. The SMILES string of the molecule is O=C1c2oc3ccc(F)cc3c(=O)c2C(c2ccc([N+](=O)[O-])cc2)N1CC1CCCO1. The van der Waals surface area contributed by atoms with E-state index in [1.165, 1.54) is 35.2 Å². The molecule has 2 unspecified atom stereocenters. The van der Waals surface area contributed by atoms with Gasteiger partial charge in [0.1, 0.15) is 11.4 Å². The van der Waals surface area contributed by atoms with Gasteiger partial charge in [-0.25, -0.2) is 4.39 Å². The Labute approximate surface area is 175 Å². The van der Waals surface area contributed by atoms with Crippen molar-refractivity contribution in [1.82, 2.24) is 4.90 Å². The van der Waals surface area contributed by atoms with Crippen molar-refractivity contribution in [3.05, 3.63) is 85.5 Å². The molecule has 3 heterocycles. The molecule has 1 saturated heterocycles. The summed E-state index contributed by atoms with van der Waals surface area (Å²) in [6, 6.07) is 8.44. The van der Waals surface area contributed by atoms with Crippen molar-refractivity contribution in [2.24, 2.45) is 0 Å². The normalized spacial score (nSPS) is 20.4. The van der Waals surface area contributed by atoms with Gasteiger partial charge < -0.3 is 14.1 Å². The zero-order valence-electron chi connectivity index (χ0n) is 16.2. The van der Waals surface area contributed by atoms with Crippen molar-refractivity contribution in [2.45, 2.75) is 25.0 Å². The number of carbonyl (C=O) groups is 1. The van der Waals surface area contributed by atoms with E-state index < -0.39 is 28.1 Å². The summed E-state index contributed by atoms with van der Waals surface area (Å²) in [5, 5.41) is 11.1. The number of nitrogens with zero attached hydrogens (tertiary/aromatic N) is 2. The fourth-order valence-electron chi connectivity index (χ4n) is 4.31. The molecule has 158 valence electrons. The van der Waals surface area contributed by atoms with Crippen molar-refractivity contribution in [1.29, 1.82) is 0 Å². The van der Waals surface area contributed by atoms with Gasteiger partial charge in [0.2, 0.25) is 5.76 Å². The fraction of sp³-hybridized carbons (Fsp3) is 0.273. The molecule has 1 aromatic heterocycles. The van der Waals surface area contributed by atoms with E-state index in [1.807, 2.05) is 0 Å². The van der Waals surface area contributed by atoms with Crippen LogP contribution < -0.4 is 5.43 Å². The highest BCUT2D eigenvalue weighted by molar-refractivity contribution is 5.99. The topological polar surface area (TPSA) is 103 Å². The second kappa shape index (κ2) is 7.28. The number of carbonyl (C=O) groups excluding carboxylic acids is 1. The summed E-state index contributed by atoms with van der Waals surface area (Å²) in [5.41, 5.74) is 0.155. The standard InChI is InChI=1S/C22H17FN2O6/c23-13-5-8-17-16(10-13)20(26)18-19(12-3-6-14(7-4-12)25(28)29)24(22(27)21(18)31-17)11-15-2-1-9-30-15/h3-8,10,15,19H,1-2,9,11H2. The summed E-state index contributed by atoms with van der Waals surface area (Å²) in [7, 11) is 0. The number of benzene rings is 2. The molecule has 0 N–H and O–H groups in total. The molecule has 31 heavy (non-hydrogen) atoms. The lowest BCUT2D eigenvalue weighted by Gasteiger charge is -2.27. The summed E-state index contributed by atoms with van der Waals surface area (Å²) >= 11 is 0. The molecular formula is C22H17FN2O6. The lowest BCUT2D eigenvalue weighted by molar-refractivity contribution is -0.384. The Bertz CT molecular complexity index is 1260. The molecule has 2 aromatic carbocycles. The number of rotatable bonds is 4. The summed E-state index contributed by atoms with van der Waals surface area (Å²) in [6.45, 7) is 0.844. The lowest BCUT2D eigenvalue weighted by atomic mass is 9.98. The minimum Gasteiger partial charge on any atom is -0.450 e. The molecule has 0 radical (unpaired) electrons. The Morgan fingerprint density at radius 2 is 1.94 bits per heavy atom. The van der Waals surface area contributed by atoms with Crippen molar-refractivity contribution in [2.75, 3.05) is 13.2 Å². The number of ether oxygens (including phenoxy) is 1. The molecule has 2 aliphatic rings. The third-order valence-corrected chi connectivity index (χ3v) is 5.77. The fourth-order valence-corrected chi connectivity index (χ4v) is 4.31. The first kappa shape index (κ1) is 19.4. The van der Waals surface area contributed by atoms with Crippen LogP contribution in [0.2, 0.25) is 0 Å². The number of nitro groups is 1. The molecular weight excluding hydrogens is 407 g/mol. The number of non-ortho nitro benzene ring substituents is 1. The van der Waals surface area contributed by atoms with Crippen LogP contribution >= 0.6 is 0 Å². The maximum atomic E-state index is 13.8. The molecule has 1 amide bonds. The minimum atomic E-state index is -0.809. The molecule has 0 saturated carbocycles. The molecule has 1 fully saturated rings. The zero-order chi connectivity index (χ0) is 21.7. The largest absolute Gasteiger partial charge is 0.450 e. The van der Waals surface area contributed by atoms with Gasteiger partial charge >= 0.3 is 0 Å². The lowest BCUT2D eigenvalue weighted by Crippen LogP contribution is -2.36. The van der Waals surface area contributed by atoms with Gasteiger partial charge in [0, 0.05) is 25.3 Å². The predicted molar refractivity (Wildman–Crippen MR) is 107 cm³/mol. The van der Waals surface area contributed by atoms with Crippen molar-refractivity contribution < 1.29 is 23.3 Å². The molecule has 0 bridgehead atoms. The maximum absolute atomic E-state index is 13.8. The highest BCUT2D eigenvalue weighted by Crippen LogP contribution is 2.39. The third-order valence-electron chi connectivity index (χ3n) is 5.77. The summed E-state index contributed by atoms with van der Waals surface area (Å²) in [5.74, 6) is -1.14. The minimum absolute atomic E-state index is 0.0393. The number of nitro benzene ring substituents is 1. The first-order valence-electron chi connectivity index (χ1n) is 9.87. The molecule has 9 heteroatoms. The number of hydrogen-bond acceptors (Lipinski definition) is 6. The van der Waals surface area contributed by atoms with Gasteiger partial charge in [-0.05, 0) is 48.7 Å². The van der Waals surface area contributed by atoms with Crippen LogP contribution in [-0.2, 0) is 4.74 Å². The highest BCUT2D eigenvalue weighted by Gasteiger charge is 2.44. The molecule has 0 aliphatic carbocycles. The Kier molecular flexibility index (Phi) is 4.55. The van der Waals surface area contributed by atoms with Crippen LogP contribution in [0.25, 0.3) is 11.0 Å². The second-order valence-corrected chi connectivity index (χ2v) is 7.66. The average Bonchev–Trinajstić information content (AvgIpc) is 3.36. The Morgan fingerprint density at radius 1 is 1.16 bits per heavy atom. The number of hydrogen-bond donors (Lipinski definition) is 0. The van der Waals surface area contributed by atoms with Crippen LogP contribution in [0, 0.1) is 15.9 Å². The van der Waals surface area contributed by atoms with Crippen molar-refractivity contribution in [3.8, 4) is 0 Å². The van der Waals surface area contributed by atoms with Crippen LogP contribution in [0.1, 0.15) is 40.6 Å². The van der Waals surface area contributed by atoms with Crippen molar-refractivity contribution >= 4 is 22.6 Å². The molecule has 0 spiro atoms. The van der Waals surface area contributed by atoms with Gasteiger partial charge in [-0.15, -0.1) is 0 Å². The van der Waals surface area contributed by atoms with Crippen LogP contribution in [0.15, 0.2) is 51.7 Å². The van der Waals surface area contributed by atoms with Gasteiger partial charge in [-0.2, -0.15) is 0 Å². The van der Waals surface area contributed by atoms with Gasteiger partial charge in [0.05, 0.1) is 28.0 Å². The van der Waals surface area contributed by atoms with Crippen LogP contribution in [0.4, 0.5) is 10.1 Å². The number of amides is 1. The summed E-state index contributed by atoms with van der Waals surface area (Å²) in [4.78, 5) is 38.6. The molecule has 2 atom stereocenters. The average molecular weight is 424 g/mol. The molecule has 3 aromatic rings. The van der Waals surface area contributed by atoms with Gasteiger partial charge in [0.25, 0.3) is 11.6 Å². The molecule has 5 rings (SSSR count). The highest BCUT2D eigenvalue weighted by atomic mass is 19.1. The number of fused-ring (bicyclic) bond motifs is 2. The maximum Gasteiger partial charge on any atom is 0.291 e. The second-order valence-electron chi connectivity index (χ2n) is 7.66.